The van der Waals surface area contributed by atoms with Crippen LogP contribution in [0.3, 0.4) is 0 Å². The molecule has 0 aromatic carbocycles. The Morgan fingerprint density at radius 1 is 1.35 bits per heavy atom. The van der Waals surface area contributed by atoms with Gasteiger partial charge < -0.3 is 10.2 Å². The highest BCUT2D eigenvalue weighted by Crippen LogP contribution is 2.38. The Kier molecular flexibility index (Phi) is 5.22. The van der Waals surface area contributed by atoms with E-state index in [1.54, 1.807) is 4.90 Å². The van der Waals surface area contributed by atoms with Gasteiger partial charge in [0.1, 0.15) is 0 Å². The number of carbonyl (C=O) groups is 1. The molecule has 0 radical (unpaired) electrons. The highest BCUT2D eigenvalue weighted by molar-refractivity contribution is 5.77. The van der Waals surface area contributed by atoms with Gasteiger partial charge in [0.2, 0.25) is 5.91 Å². The second-order valence-electron chi connectivity index (χ2n) is 6.47. The zero-order valence-electron chi connectivity index (χ0n) is 13.2. The fourth-order valence-electron chi connectivity index (χ4n) is 2.99. The summed E-state index contributed by atoms with van der Waals surface area (Å²) in [7, 11) is 3.65. The first-order valence-electron chi connectivity index (χ1n) is 7.87. The van der Waals surface area contributed by atoms with Crippen molar-refractivity contribution >= 4 is 5.91 Å². The first kappa shape index (κ1) is 15.5. The number of nitrogens with zero attached hydrogens (tertiary/aromatic N) is 2. The number of piperidine rings is 1. The van der Waals surface area contributed by atoms with Gasteiger partial charge in [0.15, 0.2) is 0 Å². The normalized spacial score (nSPS) is 27.4. The van der Waals surface area contributed by atoms with E-state index in [9.17, 15) is 4.79 Å². The fourth-order valence-corrected chi connectivity index (χ4v) is 2.99. The quantitative estimate of drug-likeness (QED) is 0.748. The molecule has 0 aromatic heterocycles. The van der Waals surface area contributed by atoms with Crippen molar-refractivity contribution in [1.82, 2.24) is 15.1 Å². The molecule has 1 amide bonds. The number of amides is 1. The summed E-state index contributed by atoms with van der Waals surface area (Å²) in [4.78, 5) is 15.6. The van der Waals surface area contributed by atoms with Gasteiger partial charge in [-0.1, -0.05) is 19.1 Å². The van der Waals surface area contributed by atoms with Crippen molar-refractivity contribution in [1.29, 1.82) is 0 Å². The molecule has 2 atom stereocenters. The van der Waals surface area contributed by atoms with Crippen LogP contribution in [0.4, 0.5) is 0 Å². The molecule has 1 aliphatic heterocycles. The van der Waals surface area contributed by atoms with Crippen LogP contribution in [-0.2, 0) is 4.79 Å². The molecule has 4 heteroatoms. The second-order valence-corrected chi connectivity index (χ2v) is 6.47. The molecule has 2 aliphatic rings. The monoisotopic (exact) mass is 279 g/mol. The second kappa shape index (κ2) is 6.72. The molecule has 0 unspecified atom stereocenters. The Hall–Kier alpha value is -0.870. The van der Waals surface area contributed by atoms with Crippen molar-refractivity contribution in [3.05, 3.63) is 12.2 Å². The highest BCUT2D eigenvalue weighted by Gasteiger charge is 2.39. The third-order valence-corrected chi connectivity index (χ3v) is 4.66. The SMILES string of the molecule is C=C(CC)[C@H]1C[C@@H]1NC1CCN(CC(=O)N(C)C)CC1. The average molecular weight is 279 g/mol. The van der Waals surface area contributed by atoms with Crippen LogP contribution in [-0.4, -0.2) is 61.5 Å². The zero-order chi connectivity index (χ0) is 14.7. The maximum Gasteiger partial charge on any atom is 0.236 e. The Morgan fingerprint density at radius 2 is 2.00 bits per heavy atom. The van der Waals surface area contributed by atoms with Gasteiger partial charge >= 0.3 is 0 Å². The molecule has 4 nitrogen and oxygen atoms in total. The number of hydrogen-bond donors (Lipinski definition) is 1. The molecule has 0 bridgehead atoms. The fraction of sp³-hybridized carbons (Fsp3) is 0.812. The van der Waals surface area contributed by atoms with Crippen molar-refractivity contribution in [3.63, 3.8) is 0 Å². The van der Waals surface area contributed by atoms with Crippen LogP contribution >= 0.6 is 0 Å². The molecule has 1 N–H and O–H groups in total. The van der Waals surface area contributed by atoms with Crippen LogP contribution in [0.2, 0.25) is 0 Å². The molecule has 1 heterocycles. The third-order valence-electron chi connectivity index (χ3n) is 4.66. The van der Waals surface area contributed by atoms with Gasteiger partial charge in [0, 0.05) is 39.3 Å². The molecule has 2 rings (SSSR count). The molecular weight excluding hydrogens is 250 g/mol. The number of likely N-dealkylation sites (N-methyl/N-ethyl adjacent to an activating group) is 1. The number of rotatable bonds is 6. The van der Waals surface area contributed by atoms with Crippen LogP contribution in [0.15, 0.2) is 12.2 Å². The van der Waals surface area contributed by atoms with Crippen molar-refractivity contribution < 1.29 is 4.79 Å². The zero-order valence-corrected chi connectivity index (χ0v) is 13.2. The molecule has 0 spiro atoms. The van der Waals surface area contributed by atoms with Gasteiger partial charge in [-0.2, -0.15) is 0 Å². The van der Waals surface area contributed by atoms with Crippen LogP contribution in [0.5, 0.6) is 0 Å². The van der Waals surface area contributed by atoms with Crippen LogP contribution < -0.4 is 5.32 Å². The van der Waals surface area contributed by atoms with E-state index >= 15 is 0 Å². The summed E-state index contributed by atoms with van der Waals surface area (Å²) in [6.07, 6.45) is 4.69. The summed E-state index contributed by atoms with van der Waals surface area (Å²) < 4.78 is 0. The molecule has 1 saturated carbocycles. The van der Waals surface area contributed by atoms with Crippen molar-refractivity contribution in [2.24, 2.45) is 5.92 Å². The lowest BCUT2D eigenvalue weighted by atomic mass is 10.0. The Labute approximate surface area is 123 Å². The van der Waals surface area contributed by atoms with Crippen molar-refractivity contribution in [2.75, 3.05) is 33.7 Å². The highest BCUT2D eigenvalue weighted by atomic mass is 16.2. The van der Waals surface area contributed by atoms with Crippen LogP contribution in [0.1, 0.15) is 32.6 Å². The predicted molar refractivity (Wildman–Crippen MR) is 82.6 cm³/mol. The van der Waals surface area contributed by atoms with Crippen molar-refractivity contribution in [3.8, 4) is 0 Å². The molecule has 114 valence electrons. The van der Waals surface area contributed by atoms with E-state index in [0.717, 1.165) is 32.4 Å². The number of carbonyl (C=O) groups excluding carboxylic acids is 1. The molecule has 20 heavy (non-hydrogen) atoms. The first-order valence-corrected chi connectivity index (χ1v) is 7.87. The first-order chi connectivity index (χ1) is 9.51. The Morgan fingerprint density at radius 3 is 2.55 bits per heavy atom. The lowest BCUT2D eigenvalue weighted by Crippen LogP contribution is -2.46. The summed E-state index contributed by atoms with van der Waals surface area (Å²) in [5.74, 6) is 0.922. The smallest absolute Gasteiger partial charge is 0.236 e. The van der Waals surface area contributed by atoms with Crippen LogP contribution in [0, 0.1) is 5.92 Å². The maximum atomic E-state index is 11.7. The van der Waals surface area contributed by atoms with Gasteiger partial charge in [-0.25, -0.2) is 0 Å². The Bertz CT molecular complexity index is 359. The van der Waals surface area contributed by atoms with Gasteiger partial charge in [-0.3, -0.25) is 9.69 Å². The predicted octanol–water partition coefficient (Wildman–Crippen LogP) is 1.48. The molecule has 0 aromatic rings. The van der Waals surface area contributed by atoms with Gasteiger partial charge in [-0.05, 0) is 31.6 Å². The van der Waals surface area contributed by atoms with Gasteiger partial charge in [-0.15, -0.1) is 0 Å². The minimum absolute atomic E-state index is 0.206. The average Bonchev–Trinajstić information content (AvgIpc) is 3.19. The van der Waals surface area contributed by atoms with Crippen molar-refractivity contribution in [2.45, 2.75) is 44.7 Å². The van der Waals surface area contributed by atoms with Gasteiger partial charge in [0.05, 0.1) is 6.54 Å². The van der Waals surface area contributed by atoms with Gasteiger partial charge in [0.25, 0.3) is 0 Å². The Balaban J connectivity index is 1.65. The minimum Gasteiger partial charge on any atom is -0.348 e. The summed E-state index contributed by atoms with van der Waals surface area (Å²) in [6, 6.07) is 1.29. The molecule has 2 fully saturated rings. The third kappa shape index (κ3) is 4.06. The minimum atomic E-state index is 0.206. The molecule has 1 saturated heterocycles. The molecular formula is C16H29N3O. The lowest BCUT2D eigenvalue weighted by molar-refractivity contribution is -0.130. The number of nitrogens with one attached hydrogen (secondary N) is 1. The topological polar surface area (TPSA) is 35.6 Å². The number of hydrogen-bond acceptors (Lipinski definition) is 3. The van der Waals surface area contributed by atoms with E-state index in [2.05, 4.69) is 23.7 Å². The summed E-state index contributed by atoms with van der Waals surface area (Å²) >= 11 is 0. The number of likely N-dealkylation sites (tertiary alicyclic amines) is 1. The molecule has 1 aliphatic carbocycles. The van der Waals surface area contributed by atoms with E-state index in [1.807, 2.05) is 14.1 Å². The van der Waals surface area contributed by atoms with E-state index in [-0.39, 0.29) is 5.91 Å². The maximum absolute atomic E-state index is 11.7. The summed E-state index contributed by atoms with van der Waals surface area (Å²) in [6.45, 7) is 8.97. The van der Waals surface area contributed by atoms with E-state index in [0.29, 0.717) is 24.5 Å². The largest absolute Gasteiger partial charge is 0.348 e. The summed E-state index contributed by atoms with van der Waals surface area (Å²) in [5, 5.41) is 3.77. The van der Waals surface area contributed by atoms with Crippen LogP contribution in [0.25, 0.3) is 0 Å². The van der Waals surface area contributed by atoms with E-state index < -0.39 is 0 Å². The standard InChI is InChI=1S/C16H29N3O/c1-5-12(2)14-10-15(14)17-13-6-8-19(9-7-13)11-16(20)18(3)4/h13-15,17H,2,5-11H2,1,3-4H3/t14-,15+/m1/s1. The summed E-state index contributed by atoms with van der Waals surface area (Å²) in [5.41, 5.74) is 1.40. The van der Waals surface area contributed by atoms with E-state index in [4.69, 9.17) is 0 Å². The lowest BCUT2D eigenvalue weighted by Gasteiger charge is -2.32. The van der Waals surface area contributed by atoms with E-state index in [1.165, 1.54) is 12.0 Å².